The van der Waals surface area contributed by atoms with Crippen LogP contribution >= 0.6 is 0 Å². The van der Waals surface area contributed by atoms with Gasteiger partial charge in [-0.05, 0) is 62.2 Å². The molecule has 10 heteroatoms. The van der Waals surface area contributed by atoms with Gasteiger partial charge in [0, 0.05) is 31.7 Å². The summed E-state index contributed by atoms with van der Waals surface area (Å²) in [4.78, 5) is 41.4. The Morgan fingerprint density at radius 2 is 1.79 bits per heavy atom. The highest BCUT2D eigenvalue weighted by Crippen LogP contribution is 2.40. The van der Waals surface area contributed by atoms with Crippen LogP contribution in [0.25, 0.3) is 5.76 Å². The maximum atomic E-state index is 13.4. The zero-order valence-electron chi connectivity index (χ0n) is 22.5. The average Bonchev–Trinajstić information content (AvgIpc) is 3.17. The Morgan fingerprint density at radius 1 is 1.10 bits per heavy atom. The van der Waals surface area contributed by atoms with Gasteiger partial charge in [0.15, 0.2) is 6.61 Å². The number of aryl methyl sites for hydroxylation is 1. The summed E-state index contributed by atoms with van der Waals surface area (Å²) in [6.07, 6.45) is -0.0186. The number of primary amides is 1. The van der Waals surface area contributed by atoms with Gasteiger partial charge in [0.1, 0.15) is 17.3 Å². The summed E-state index contributed by atoms with van der Waals surface area (Å²) >= 11 is 0. The number of aliphatic hydroxyl groups excluding tert-OH is 1. The van der Waals surface area contributed by atoms with Crippen LogP contribution in [0.3, 0.4) is 0 Å². The third kappa shape index (κ3) is 6.58. The summed E-state index contributed by atoms with van der Waals surface area (Å²) in [5.41, 5.74) is 7.02. The number of nitrogens with two attached hydrogens (primary N) is 1. The second-order valence-electron chi connectivity index (χ2n) is 9.92. The molecule has 3 N–H and O–H groups in total. The molecule has 0 spiro atoms. The SMILES string of the molecule is Cc1cc(C(O)=C2C(=O)C(=O)N(CCN3CCOCC3)C2c2ccc(OCC(N)=O)cc2)ccc1OC(C)C. The fraction of sp³-hybridized carbons (Fsp3) is 0.414. The van der Waals surface area contributed by atoms with Crippen LogP contribution in [-0.2, 0) is 19.1 Å². The van der Waals surface area contributed by atoms with Gasteiger partial charge in [-0.15, -0.1) is 0 Å². The largest absolute Gasteiger partial charge is 0.507 e. The maximum absolute atomic E-state index is 13.4. The van der Waals surface area contributed by atoms with Crippen molar-refractivity contribution in [2.24, 2.45) is 5.73 Å². The first-order valence-corrected chi connectivity index (χ1v) is 13.0. The summed E-state index contributed by atoms with van der Waals surface area (Å²) in [5, 5.41) is 11.4. The van der Waals surface area contributed by atoms with E-state index in [1.165, 1.54) is 4.90 Å². The molecule has 2 aliphatic heterocycles. The molecular weight excluding hydrogens is 502 g/mol. The van der Waals surface area contributed by atoms with Crippen LogP contribution in [0.2, 0.25) is 0 Å². The molecule has 0 radical (unpaired) electrons. The molecule has 2 aromatic rings. The fourth-order valence-electron chi connectivity index (χ4n) is 4.77. The van der Waals surface area contributed by atoms with Gasteiger partial charge in [-0.1, -0.05) is 12.1 Å². The summed E-state index contributed by atoms with van der Waals surface area (Å²) < 4.78 is 16.6. The van der Waals surface area contributed by atoms with Crippen LogP contribution in [0.5, 0.6) is 11.5 Å². The van der Waals surface area contributed by atoms with Gasteiger partial charge >= 0.3 is 0 Å². The number of hydrogen-bond acceptors (Lipinski definition) is 8. The highest BCUT2D eigenvalue weighted by atomic mass is 16.5. The molecule has 1 unspecified atom stereocenters. The lowest BCUT2D eigenvalue weighted by Crippen LogP contribution is -2.42. The molecule has 0 aromatic heterocycles. The third-order valence-corrected chi connectivity index (χ3v) is 6.69. The molecule has 4 rings (SSSR count). The molecule has 2 heterocycles. The number of ether oxygens (including phenoxy) is 3. The monoisotopic (exact) mass is 537 g/mol. The van der Waals surface area contributed by atoms with Gasteiger partial charge in [-0.25, -0.2) is 0 Å². The van der Waals surface area contributed by atoms with Crippen molar-refractivity contribution in [3.63, 3.8) is 0 Å². The Labute approximate surface area is 227 Å². The fourth-order valence-corrected chi connectivity index (χ4v) is 4.77. The van der Waals surface area contributed by atoms with Crippen molar-refractivity contribution in [3.05, 3.63) is 64.7 Å². The molecular formula is C29H35N3O7. The van der Waals surface area contributed by atoms with Crippen LogP contribution in [0.15, 0.2) is 48.0 Å². The molecule has 39 heavy (non-hydrogen) atoms. The first-order valence-electron chi connectivity index (χ1n) is 13.0. The van der Waals surface area contributed by atoms with Gasteiger partial charge < -0.3 is 30.0 Å². The number of hydrogen-bond donors (Lipinski definition) is 2. The Kier molecular flexibility index (Phi) is 8.88. The Bertz CT molecular complexity index is 1250. The molecule has 0 saturated carbocycles. The Hall–Kier alpha value is -3.89. The quantitative estimate of drug-likeness (QED) is 0.268. The molecule has 208 valence electrons. The molecule has 2 amide bonds. The second kappa shape index (κ2) is 12.3. The number of morpholine rings is 1. The van der Waals surface area contributed by atoms with E-state index in [4.69, 9.17) is 19.9 Å². The maximum Gasteiger partial charge on any atom is 0.295 e. The number of Topliss-reactive ketones (excluding diaryl/α,β-unsaturated/α-hetero) is 1. The van der Waals surface area contributed by atoms with Gasteiger partial charge in [0.2, 0.25) is 0 Å². The summed E-state index contributed by atoms with van der Waals surface area (Å²) in [7, 11) is 0. The minimum atomic E-state index is -0.803. The summed E-state index contributed by atoms with van der Waals surface area (Å²) in [6, 6.07) is 11.1. The lowest BCUT2D eigenvalue weighted by Gasteiger charge is -2.31. The molecule has 2 aliphatic rings. The summed E-state index contributed by atoms with van der Waals surface area (Å²) in [6.45, 7) is 9.01. The number of aliphatic hydroxyl groups is 1. The molecule has 0 aliphatic carbocycles. The van der Waals surface area contributed by atoms with E-state index in [1.807, 2.05) is 20.8 Å². The predicted molar refractivity (Wildman–Crippen MR) is 144 cm³/mol. The zero-order chi connectivity index (χ0) is 28.1. The zero-order valence-corrected chi connectivity index (χ0v) is 22.5. The first kappa shape index (κ1) is 28.1. The standard InChI is InChI=1S/C29H35N3O7/c1-18(2)39-23-9-6-21(16-19(23)3)27(34)25-26(20-4-7-22(8-5-20)38-17-24(30)33)32(29(36)28(25)35)11-10-31-12-14-37-15-13-31/h4-9,16,18,26,34H,10-15,17H2,1-3H3,(H2,30,33). The van der Waals surface area contributed by atoms with Crippen molar-refractivity contribution in [3.8, 4) is 11.5 Å². The lowest BCUT2D eigenvalue weighted by molar-refractivity contribution is -0.140. The van der Waals surface area contributed by atoms with Crippen LogP contribution in [-0.4, -0.2) is 84.6 Å². The predicted octanol–water partition coefficient (Wildman–Crippen LogP) is 2.40. The van der Waals surface area contributed by atoms with Crippen LogP contribution in [0.1, 0.15) is 36.6 Å². The average molecular weight is 538 g/mol. The normalized spacial score (nSPS) is 19.5. The Morgan fingerprint density at radius 3 is 2.41 bits per heavy atom. The van der Waals surface area contributed by atoms with Crippen molar-refractivity contribution < 1.29 is 33.7 Å². The van der Waals surface area contributed by atoms with Crippen molar-refractivity contribution in [2.45, 2.75) is 32.9 Å². The van der Waals surface area contributed by atoms with Crippen LogP contribution < -0.4 is 15.2 Å². The van der Waals surface area contributed by atoms with E-state index < -0.39 is 23.6 Å². The minimum Gasteiger partial charge on any atom is -0.507 e. The minimum absolute atomic E-state index is 0.0182. The number of nitrogens with zero attached hydrogens (tertiary/aromatic N) is 2. The van der Waals surface area contributed by atoms with Crippen molar-refractivity contribution >= 4 is 23.4 Å². The van der Waals surface area contributed by atoms with E-state index in [1.54, 1.807) is 42.5 Å². The van der Waals surface area contributed by atoms with E-state index in [2.05, 4.69) is 4.90 Å². The summed E-state index contributed by atoms with van der Waals surface area (Å²) in [5.74, 6) is -1.17. The van der Waals surface area contributed by atoms with E-state index >= 15 is 0 Å². The number of carbonyl (C=O) groups is 3. The number of likely N-dealkylation sites (tertiary alicyclic amines) is 1. The molecule has 10 nitrogen and oxygen atoms in total. The highest BCUT2D eigenvalue weighted by molar-refractivity contribution is 6.46. The van der Waals surface area contributed by atoms with Gasteiger partial charge in [-0.3, -0.25) is 19.3 Å². The van der Waals surface area contributed by atoms with Crippen LogP contribution in [0.4, 0.5) is 0 Å². The van der Waals surface area contributed by atoms with E-state index in [-0.39, 0.29) is 24.0 Å². The van der Waals surface area contributed by atoms with Crippen molar-refractivity contribution in [1.82, 2.24) is 9.80 Å². The van der Waals surface area contributed by atoms with E-state index in [0.29, 0.717) is 48.9 Å². The van der Waals surface area contributed by atoms with Gasteiger partial charge in [0.05, 0.1) is 30.9 Å². The lowest BCUT2D eigenvalue weighted by atomic mass is 9.94. The molecule has 1 atom stereocenters. The van der Waals surface area contributed by atoms with Gasteiger partial charge in [0.25, 0.3) is 17.6 Å². The smallest absolute Gasteiger partial charge is 0.295 e. The number of amides is 2. The van der Waals surface area contributed by atoms with Crippen LogP contribution in [0, 0.1) is 6.92 Å². The third-order valence-electron chi connectivity index (χ3n) is 6.69. The van der Waals surface area contributed by atoms with Gasteiger partial charge in [-0.2, -0.15) is 0 Å². The van der Waals surface area contributed by atoms with Crippen molar-refractivity contribution in [1.29, 1.82) is 0 Å². The molecule has 2 aromatic carbocycles. The topological polar surface area (TPSA) is 132 Å². The number of carbonyl (C=O) groups excluding carboxylic acids is 3. The first-order chi connectivity index (χ1) is 18.7. The molecule has 2 fully saturated rings. The molecule has 0 bridgehead atoms. The second-order valence-corrected chi connectivity index (χ2v) is 9.92. The number of rotatable bonds is 10. The van der Waals surface area contributed by atoms with E-state index in [9.17, 15) is 19.5 Å². The molecule has 2 saturated heterocycles. The van der Waals surface area contributed by atoms with E-state index in [0.717, 1.165) is 18.7 Å². The number of benzene rings is 2. The number of ketones is 1. The van der Waals surface area contributed by atoms with Crippen molar-refractivity contribution in [2.75, 3.05) is 46.0 Å². The highest BCUT2D eigenvalue weighted by Gasteiger charge is 2.46. The Balaban J connectivity index is 1.71.